The Morgan fingerprint density at radius 2 is 2.05 bits per heavy atom. The molecule has 1 unspecified atom stereocenters. The largest absolute Gasteiger partial charge is 0.492 e. The van der Waals surface area contributed by atoms with Crippen molar-refractivity contribution in [1.82, 2.24) is 5.32 Å². The summed E-state index contributed by atoms with van der Waals surface area (Å²) in [5.41, 5.74) is 1.41. The predicted molar refractivity (Wildman–Crippen MR) is 87.1 cm³/mol. The Bertz CT molecular complexity index is 484. The summed E-state index contributed by atoms with van der Waals surface area (Å²) in [5, 5.41) is 8.55. The lowest BCUT2D eigenvalue weighted by Gasteiger charge is -2.18. The van der Waals surface area contributed by atoms with Gasteiger partial charge in [0.05, 0.1) is 0 Å². The van der Waals surface area contributed by atoms with E-state index in [4.69, 9.17) is 16.3 Å². The van der Waals surface area contributed by atoms with Gasteiger partial charge in [-0.25, -0.2) is 0 Å². The maximum atomic E-state index is 5.86. The fraction of sp³-hybridized carbons (Fsp3) is 0.375. The summed E-state index contributed by atoms with van der Waals surface area (Å²) < 4.78 is 5.83. The molecule has 0 aliphatic rings. The molecule has 2 nitrogen and oxygen atoms in total. The summed E-state index contributed by atoms with van der Waals surface area (Å²) in [5.74, 6) is 0.868. The minimum Gasteiger partial charge on any atom is -0.492 e. The van der Waals surface area contributed by atoms with Crippen molar-refractivity contribution in [1.29, 1.82) is 0 Å². The second-order valence-electron chi connectivity index (χ2n) is 4.69. The molecule has 0 aliphatic heterocycles. The van der Waals surface area contributed by atoms with E-state index < -0.39 is 0 Å². The molecule has 1 aromatic heterocycles. The van der Waals surface area contributed by atoms with Crippen molar-refractivity contribution < 1.29 is 4.74 Å². The highest BCUT2D eigenvalue weighted by atomic mass is 35.5. The molecule has 1 N–H and O–H groups in total. The molecule has 108 valence electrons. The van der Waals surface area contributed by atoms with Gasteiger partial charge in [0.25, 0.3) is 0 Å². The van der Waals surface area contributed by atoms with E-state index in [-0.39, 0.29) is 0 Å². The summed E-state index contributed by atoms with van der Waals surface area (Å²) in [4.78, 5) is 0. The number of rotatable bonds is 8. The first kappa shape index (κ1) is 15.4. The van der Waals surface area contributed by atoms with Crippen molar-refractivity contribution in [2.45, 2.75) is 25.8 Å². The Hall–Kier alpha value is -1.03. The van der Waals surface area contributed by atoms with E-state index in [1.54, 1.807) is 11.3 Å². The number of benzene rings is 1. The number of thiophene rings is 1. The standard InChI is InChI=1S/C16H20ClNOS/c1-2-18-15(6-3-13-9-10-20-12-13)11-19-16-7-4-14(17)5-8-16/h4-5,7-10,12,15,18H,2-3,6,11H2,1H3. The van der Waals surface area contributed by atoms with E-state index in [1.807, 2.05) is 24.3 Å². The Labute approximate surface area is 129 Å². The van der Waals surface area contributed by atoms with Gasteiger partial charge in [-0.3, -0.25) is 0 Å². The quantitative estimate of drug-likeness (QED) is 0.781. The number of ether oxygens (including phenoxy) is 1. The van der Waals surface area contributed by atoms with Crippen LogP contribution < -0.4 is 10.1 Å². The van der Waals surface area contributed by atoms with Crippen molar-refractivity contribution >= 4 is 22.9 Å². The number of aryl methyl sites for hydroxylation is 1. The molecule has 0 amide bonds. The summed E-state index contributed by atoms with van der Waals surface area (Å²) in [6, 6.07) is 10.1. The van der Waals surface area contributed by atoms with Crippen LogP contribution in [0.15, 0.2) is 41.1 Å². The fourth-order valence-corrected chi connectivity index (χ4v) is 2.87. The van der Waals surface area contributed by atoms with Crippen LogP contribution in [0.4, 0.5) is 0 Å². The number of halogens is 1. The summed E-state index contributed by atoms with van der Waals surface area (Å²) >= 11 is 7.62. The zero-order valence-corrected chi connectivity index (χ0v) is 13.2. The zero-order chi connectivity index (χ0) is 14.2. The van der Waals surface area contributed by atoms with E-state index >= 15 is 0 Å². The van der Waals surface area contributed by atoms with Crippen molar-refractivity contribution in [3.05, 3.63) is 51.7 Å². The molecule has 2 rings (SSSR count). The van der Waals surface area contributed by atoms with Gasteiger partial charge in [-0.2, -0.15) is 11.3 Å². The Morgan fingerprint density at radius 1 is 1.25 bits per heavy atom. The molecular formula is C16H20ClNOS. The molecule has 0 saturated heterocycles. The first-order valence-electron chi connectivity index (χ1n) is 6.90. The highest BCUT2D eigenvalue weighted by Gasteiger charge is 2.09. The van der Waals surface area contributed by atoms with Gasteiger partial charge < -0.3 is 10.1 Å². The van der Waals surface area contributed by atoms with E-state index in [0.717, 1.165) is 30.2 Å². The Morgan fingerprint density at radius 3 is 2.70 bits per heavy atom. The van der Waals surface area contributed by atoms with E-state index in [9.17, 15) is 0 Å². The molecule has 1 aromatic carbocycles. The topological polar surface area (TPSA) is 21.3 Å². The highest BCUT2D eigenvalue weighted by molar-refractivity contribution is 7.07. The monoisotopic (exact) mass is 309 g/mol. The van der Waals surface area contributed by atoms with Crippen LogP contribution in [0.25, 0.3) is 0 Å². The second-order valence-corrected chi connectivity index (χ2v) is 5.91. The van der Waals surface area contributed by atoms with Gasteiger partial charge in [0.15, 0.2) is 0 Å². The van der Waals surface area contributed by atoms with Gasteiger partial charge >= 0.3 is 0 Å². The number of likely N-dealkylation sites (N-methyl/N-ethyl adjacent to an activating group) is 1. The van der Waals surface area contributed by atoms with Crippen LogP contribution in [-0.4, -0.2) is 19.2 Å². The minimum absolute atomic E-state index is 0.371. The molecule has 0 radical (unpaired) electrons. The molecule has 2 aromatic rings. The van der Waals surface area contributed by atoms with E-state index in [1.165, 1.54) is 5.56 Å². The Balaban J connectivity index is 1.80. The smallest absolute Gasteiger partial charge is 0.119 e. The molecular weight excluding hydrogens is 290 g/mol. The molecule has 1 atom stereocenters. The van der Waals surface area contributed by atoms with Crippen molar-refractivity contribution in [2.75, 3.05) is 13.2 Å². The van der Waals surface area contributed by atoms with Crippen LogP contribution in [-0.2, 0) is 6.42 Å². The fourth-order valence-electron chi connectivity index (χ4n) is 2.04. The van der Waals surface area contributed by atoms with Crippen molar-refractivity contribution in [3.63, 3.8) is 0 Å². The predicted octanol–water partition coefficient (Wildman–Crippen LogP) is 4.39. The van der Waals surface area contributed by atoms with Gasteiger partial charge in [0.1, 0.15) is 12.4 Å². The summed E-state index contributed by atoms with van der Waals surface area (Å²) in [7, 11) is 0. The third-order valence-corrected chi connectivity index (χ3v) is 4.10. The van der Waals surface area contributed by atoms with Crippen molar-refractivity contribution in [2.24, 2.45) is 0 Å². The third kappa shape index (κ3) is 5.16. The molecule has 0 fully saturated rings. The maximum Gasteiger partial charge on any atom is 0.119 e. The average Bonchev–Trinajstić information content (AvgIpc) is 2.97. The van der Waals surface area contributed by atoms with Crippen LogP contribution in [0, 0.1) is 0 Å². The molecule has 0 aliphatic carbocycles. The molecule has 1 heterocycles. The van der Waals surface area contributed by atoms with Crippen LogP contribution >= 0.6 is 22.9 Å². The van der Waals surface area contributed by atoms with Crippen LogP contribution in [0.1, 0.15) is 18.9 Å². The van der Waals surface area contributed by atoms with Gasteiger partial charge in [0.2, 0.25) is 0 Å². The minimum atomic E-state index is 0.371. The number of hydrogen-bond acceptors (Lipinski definition) is 3. The van der Waals surface area contributed by atoms with E-state index in [0.29, 0.717) is 12.6 Å². The molecule has 4 heteroatoms. The average molecular weight is 310 g/mol. The lowest BCUT2D eigenvalue weighted by Crippen LogP contribution is -2.35. The number of hydrogen-bond donors (Lipinski definition) is 1. The van der Waals surface area contributed by atoms with Gasteiger partial charge in [-0.05, 0) is 66.0 Å². The lowest BCUT2D eigenvalue weighted by atomic mass is 10.1. The zero-order valence-electron chi connectivity index (χ0n) is 11.6. The SMILES string of the molecule is CCNC(CCc1ccsc1)COc1ccc(Cl)cc1. The Kier molecular flexibility index (Phi) is 6.37. The first-order valence-corrected chi connectivity index (χ1v) is 8.23. The maximum absolute atomic E-state index is 5.86. The van der Waals surface area contributed by atoms with Crippen molar-refractivity contribution in [3.8, 4) is 5.75 Å². The lowest BCUT2D eigenvalue weighted by molar-refractivity contribution is 0.258. The highest BCUT2D eigenvalue weighted by Crippen LogP contribution is 2.16. The number of nitrogens with one attached hydrogen (secondary N) is 1. The second kappa shape index (κ2) is 8.30. The molecule has 0 saturated carbocycles. The normalized spacial score (nSPS) is 12.3. The summed E-state index contributed by atoms with van der Waals surface area (Å²) in [6.45, 7) is 3.76. The third-order valence-electron chi connectivity index (χ3n) is 3.12. The first-order chi connectivity index (χ1) is 9.78. The molecule has 20 heavy (non-hydrogen) atoms. The van der Waals surface area contributed by atoms with E-state index in [2.05, 4.69) is 29.1 Å². The summed E-state index contributed by atoms with van der Waals surface area (Å²) in [6.07, 6.45) is 2.17. The van der Waals surface area contributed by atoms with Crippen LogP contribution in [0.2, 0.25) is 5.02 Å². The van der Waals surface area contributed by atoms with Crippen LogP contribution in [0.3, 0.4) is 0 Å². The van der Waals surface area contributed by atoms with Gasteiger partial charge in [-0.1, -0.05) is 18.5 Å². The van der Waals surface area contributed by atoms with Crippen LogP contribution in [0.5, 0.6) is 5.75 Å². The molecule has 0 bridgehead atoms. The molecule has 0 spiro atoms. The van der Waals surface area contributed by atoms with Gasteiger partial charge in [-0.15, -0.1) is 0 Å². The van der Waals surface area contributed by atoms with Gasteiger partial charge in [0, 0.05) is 11.1 Å².